The number of aliphatic hydroxyl groups excluding tert-OH is 1. The maximum atomic E-state index is 12.8. The van der Waals surface area contributed by atoms with Crippen LogP contribution in [0.15, 0.2) is 24.3 Å². The predicted octanol–water partition coefficient (Wildman–Crippen LogP) is 1.35. The Morgan fingerprint density at radius 3 is 2.32 bits per heavy atom. The second kappa shape index (κ2) is 6.12. The smallest absolute Gasteiger partial charge is 0.235 e. The van der Waals surface area contributed by atoms with Gasteiger partial charge in [0.1, 0.15) is 5.82 Å². The summed E-state index contributed by atoms with van der Waals surface area (Å²) >= 11 is 0. The molecule has 0 aliphatic rings. The van der Waals surface area contributed by atoms with Gasteiger partial charge in [0.05, 0.1) is 12.1 Å². The number of nitrogens with two attached hydrogens (primary N) is 1. The fourth-order valence-corrected chi connectivity index (χ4v) is 1.87. The Balaban J connectivity index is 2.64. The number of rotatable bonds is 5. The molecule has 1 unspecified atom stereocenters. The van der Waals surface area contributed by atoms with Gasteiger partial charge in [-0.15, -0.1) is 0 Å². The van der Waals surface area contributed by atoms with Crippen molar-refractivity contribution in [1.82, 2.24) is 5.32 Å². The van der Waals surface area contributed by atoms with Gasteiger partial charge in [-0.1, -0.05) is 32.9 Å². The Kier molecular flexibility index (Phi) is 5.03. The Bertz CT molecular complexity index is 426. The van der Waals surface area contributed by atoms with E-state index in [4.69, 9.17) is 5.73 Å². The first-order valence-electron chi connectivity index (χ1n) is 6.18. The molecule has 1 aromatic rings. The SMILES string of the molecule is CC(C)(C)[C@H](NCC(O)c1ccc(F)cc1)C(N)=O. The largest absolute Gasteiger partial charge is 0.387 e. The van der Waals surface area contributed by atoms with Crippen molar-refractivity contribution in [3.05, 3.63) is 35.6 Å². The molecule has 0 saturated carbocycles. The first-order valence-corrected chi connectivity index (χ1v) is 6.18. The topological polar surface area (TPSA) is 75.3 Å². The molecule has 0 spiro atoms. The zero-order chi connectivity index (χ0) is 14.6. The van der Waals surface area contributed by atoms with E-state index in [1.54, 1.807) is 0 Å². The monoisotopic (exact) mass is 268 g/mol. The minimum atomic E-state index is -0.815. The zero-order valence-electron chi connectivity index (χ0n) is 11.5. The van der Waals surface area contributed by atoms with Crippen LogP contribution in [-0.2, 0) is 4.79 Å². The molecule has 1 aromatic carbocycles. The summed E-state index contributed by atoms with van der Waals surface area (Å²) in [6.07, 6.45) is -0.815. The molecule has 0 bridgehead atoms. The molecular weight excluding hydrogens is 247 g/mol. The molecule has 4 nitrogen and oxygen atoms in total. The van der Waals surface area contributed by atoms with E-state index >= 15 is 0 Å². The van der Waals surface area contributed by atoms with Crippen LogP contribution in [0.25, 0.3) is 0 Å². The van der Waals surface area contributed by atoms with Crippen molar-refractivity contribution >= 4 is 5.91 Å². The van der Waals surface area contributed by atoms with Gasteiger partial charge in [0.25, 0.3) is 0 Å². The van der Waals surface area contributed by atoms with Gasteiger partial charge in [-0.2, -0.15) is 0 Å². The van der Waals surface area contributed by atoms with E-state index in [1.807, 2.05) is 20.8 Å². The van der Waals surface area contributed by atoms with E-state index in [9.17, 15) is 14.3 Å². The van der Waals surface area contributed by atoms with E-state index in [0.717, 1.165) is 0 Å². The number of amides is 1. The van der Waals surface area contributed by atoms with Gasteiger partial charge in [-0.3, -0.25) is 4.79 Å². The van der Waals surface area contributed by atoms with Crippen LogP contribution in [0.4, 0.5) is 4.39 Å². The Morgan fingerprint density at radius 1 is 1.37 bits per heavy atom. The molecule has 19 heavy (non-hydrogen) atoms. The van der Waals surface area contributed by atoms with Crippen molar-refractivity contribution in [3.63, 3.8) is 0 Å². The Labute approximate surface area is 112 Å². The van der Waals surface area contributed by atoms with Crippen LogP contribution in [0, 0.1) is 11.2 Å². The highest BCUT2D eigenvalue weighted by molar-refractivity contribution is 5.80. The molecule has 0 radical (unpaired) electrons. The minimum absolute atomic E-state index is 0.177. The normalized spacial score (nSPS) is 15.0. The molecule has 0 aromatic heterocycles. The third kappa shape index (κ3) is 4.61. The summed E-state index contributed by atoms with van der Waals surface area (Å²) in [4.78, 5) is 11.4. The number of nitrogens with one attached hydrogen (secondary N) is 1. The molecule has 4 N–H and O–H groups in total. The van der Waals surface area contributed by atoms with Crippen molar-refractivity contribution in [2.75, 3.05) is 6.54 Å². The Morgan fingerprint density at radius 2 is 1.89 bits per heavy atom. The van der Waals surface area contributed by atoms with Crippen molar-refractivity contribution < 1.29 is 14.3 Å². The van der Waals surface area contributed by atoms with E-state index in [2.05, 4.69) is 5.32 Å². The van der Waals surface area contributed by atoms with Gasteiger partial charge in [0.2, 0.25) is 5.91 Å². The summed E-state index contributed by atoms with van der Waals surface area (Å²) in [7, 11) is 0. The molecule has 2 atom stereocenters. The summed E-state index contributed by atoms with van der Waals surface area (Å²) in [5.74, 6) is -0.813. The highest BCUT2D eigenvalue weighted by atomic mass is 19.1. The molecule has 106 valence electrons. The number of benzene rings is 1. The van der Waals surface area contributed by atoms with Crippen LogP contribution >= 0.6 is 0 Å². The van der Waals surface area contributed by atoms with Crippen molar-refractivity contribution in [3.8, 4) is 0 Å². The molecule has 0 saturated heterocycles. The molecule has 0 aliphatic carbocycles. The lowest BCUT2D eigenvalue weighted by atomic mass is 9.86. The summed E-state index contributed by atoms with van der Waals surface area (Å²) in [6, 6.07) is 5.06. The number of hydrogen-bond acceptors (Lipinski definition) is 3. The summed E-state index contributed by atoms with van der Waals surface area (Å²) in [5, 5.41) is 12.9. The maximum Gasteiger partial charge on any atom is 0.235 e. The van der Waals surface area contributed by atoms with E-state index in [1.165, 1.54) is 24.3 Å². The second-order valence-electron chi connectivity index (χ2n) is 5.68. The second-order valence-corrected chi connectivity index (χ2v) is 5.68. The van der Waals surface area contributed by atoms with Gasteiger partial charge in [-0.05, 0) is 23.1 Å². The fourth-order valence-electron chi connectivity index (χ4n) is 1.87. The molecule has 1 amide bonds. The number of aliphatic hydroxyl groups is 1. The molecule has 1 rings (SSSR count). The highest BCUT2D eigenvalue weighted by Gasteiger charge is 2.29. The number of carbonyl (C=O) groups excluding carboxylic acids is 1. The molecule has 0 fully saturated rings. The van der Waals surface area contributed by atoms with Crippen LogP contribution in [-0.4, -0.2) is 23.6 Å². The number of hydrogen-bond donors (Lipinski definition) is 3. The minimum Gasteiger partial charge on any atom is -0.387 e. The lowest BCUT2D eigenvalue weighted by Crippen LogP contribution is -2.50. The van der Waals surface area contributed by atoms with Crippen LogP contribution in [0.5, 0.6) is 0 Å². The van der Waals surface area contributed by atoms with Crippen LogP contribution in [0.1, 0.15) is 32.4 Å². The molecule has 0 heterocycles. The number of halogens is 1. The van der Waals surface area contributed by atoms with Gasteiger partial charge in [0, 0.05) is 6.54 Å². The van der Waals surface area contributed by atoms with E-state index < -0.39 is 18.1 Å². The van der Waals surface area contributed by atoms with E-state index in [0.29, 0.717) is 5.56 Å². The van der Waals surface area contributed by atoms with Crippen LogP contribution in [0.2, 0.25) is 0 Å². The molecule has 5 heteroatoms. The van der Waals surface area contributed by atoms with Crippen molar-refractivity contribution in [2.45, 2.75) is 32.9 Å². The lowest BCUT2D eigenvalue weighted by molar-refractivity contribution is -0.122. The zero-order valence-corrected chi connectivity index (χ0v) is 11.5. The number of carbonyl (C=O) groups is 1. The summed E-state index contributed by atoms with van der Waals surface area (Å²) < 4.78 is 12.8. The van der Waals surface area contributed by atoms with Crippen molar-refractivity contribution in [1.29, 1.82) is 0 Å². The highest BCUT2D eigenvalue weighted by Crippen LogP contribution is 2.20. The quantitative estimate of drug-likeness (QED) is 0.754. The number of primary amides is 1. The standard InChI is InChI=1S/C14H21FN2O2/c1-14(2,3)12(13(16)19)17-8-11(18)9-4-6-10(15)7-5-9/h4-7,11-12,17-18H,8H2,1-3H3,(H2,16,19)/t11?,12-/m1/s1. The van der Waals surface area contributed by atoms with Gasteiger partial charge in [0.15, 0.2) is 0 Å². The average Bonchev–Trinajstić information content (AvgIpc) is 2.27. The fraction of sp³-hybridized carbons (Fsp3) is 0.500. The molecular formula is C14H21FN2O2. The molecule has 0 aliphatic heterocycles. The van der Waals surface area contributed by atoms with Crippen LogP contribution in [0.3, 0.4) is 0 Å². The predicted molar refractivity (Wildman–Crippen MR) is 71.8 cm³/mol. The van der Waals surface area contributed by atoms with Gasteiger partial charge >= 0.3 is 0 Å². The first kappa shape index (κ1) is 15.6. The third-order valence-electron chi connectivity index (χ3n) is 2.92. The maximum absolute atomic E-state index is 12.8. The summed E-state index contributed by atoms with van der Waals surface area (Å²) in [6.45, 7) is 5.84. The van der Waals surface area contributed by atoms with Crippen LogP contribution < -0.4 is 11.1 Å². The summed E-state index contributed by atoms with van der Waals surface area (Å²) in [5.41, 5.74) is 5.58. The third-order valence-corrected chi connectivity index (χ3v) is 2.92. The van der Waals surface area contributed by atoms with Crippen molar-refractivity contribution in [2.24, 2.45) is 11.1 Å². The van der Waals surface area contributed by atoms with E-state index in [-0.39, 0.29) is 17.8 Å². The Hall–Kier alpha value is -1.46. The first-order chi connectivity index (χ1) is 8.71. The average molecular weight is 268 g/mol. The lowest BCUT2D eigenvalue weighted by Gasteiger charge is -2.29. The van der Waals surface area contributed by atoms with Gasteiger partial charge in [-0.25, -0.2) is 4.39 Å². The van der Waals surface area contributed by atoms with Gasteiger partial charge < -0.3 is 16.2 Å².